The minimum atomic E-state index is 0.175. The molecule has 0 aromatic carbocycles. The van der Waals surface area contributed by atoms with Crippen LogP contribution in [0.1, 0.15) is 36.9 Å². The summed E-state index contributed by atoms with van der Waals surface area (Å²) < 4.78 is 1.96. The molecular formula is C16H15N3O. The monoisotopic (exact) mass is 265 g/mol. The third-order valence-corrected chi connectivity index (χ3v) is 4.41. The van der Waals surface area contributed by atoms with E-state index < -0.39 is 0 Å². The number of pyridine rings is 1. The fourth-order valence-electron chi connectivity index (χ4n) is 3.45. The van der Waals surface area contributed by atoms with E-state index in [0.717, 1.165) is 24.1 Å². The molecule has 0 bridgehead atoms. The van der Waals surface area contributed by atoms with Crippen LogP contribution in [0.4, 0.5) is 0 Å². The van der Waals surface area contributed by atoms with E-state index in [2.05, 4.69) is 17.0 Å². The van der Waals surface area contributed by atoms with Crippen LogP contribution in [-0.2, 0) is 11.2 Å². The summed E-state index contributed by atoms with van der Waals surface area (Å²) in [6.45, 7) is 2.12. The molecule has 1 atom stereocenters. The van der Waals surface area contributed by atoms with Crippen LogP contribution in [0.5, 0.6) is 0 Å². The largest absolute Gasteiger partial charge is 0.295 e. The Hall–Kier alpha value is -2.23. The molecule has 2 aliphatic rings. The number of ketones is 1. The van der Waals surface area contributed by atoms with Gasteiger partial charge in [-0.3, -0.25) is 9.78 Å². The highest BCUT2D eigenvalue weighted by Crippen LogP contribution is 2.42. The normalized spacial score (nSPS) is 21.1. The van der Waals surface area contributed by atoms with Crippen molar-refractivity contribution >= 4 is 5.78 Å². The number of carbonyl (C=O) groups is 1. The second kappa shape index (κ2) is 4.13. The van der Waals surface area contributed by atoms with Crippen molar-refractivity contribution in [2.75, 3.05) is 0 Å². The molecule has 0 saturated carbocycles. The minimum absolute atomic E-state index is 0.175. The number of rotatable bonds is 1. The highest BCUT2D eigenvalue weighted by atomic mass is 16.1. The summed E-state index contributed by atoms with van der Waals surface area (Å²) in [4.78, 5) is 16.2. The van der Waals surface area contributed by atoms with Gasteiger partial charge in [-0.1, -0.05) is 12.5 Å². The maximum Gasteiger partial charge on any atom is 0.159 e. The van der Waals surface area contributed by atoms with Crippen LogP contribution in [0.2, 0.25) is 0 Å². The molecule has 0 aliphatic heterocycles. The van der Waals surface area contributed by atoms with Crippen molar-refractivity contribution in [3.63, 3.8) is 0 Å². The molecule has 2 aromatic rings. The van der Waals surface area contributed by atoms with Crippen molar-refractivity contribution < 1.29 is 4.79 Å². The van der Waals surface area contributed by atoms with Crippen molar-refractivity contribution in [1.82, 2.24) is 14.8 Å². The second-order valence-electron chi connectivity index (χ2n) is 5.51. The molecule has 4 rings (SSSR count). The van der Waals surface area contributed by atoms with E-state index in [1.54, 1.807) is 6.20 Å². The van der Waals surface area contributed by atoms with Gasteiger partial charge in [-0.05, 0) is 18.6 Å². The molecule has 4 nitrogen and oxygen atoms in total. The molecule has 2 aromatic heterocycles. The number of aromatic nitrogens is 3. The lowest BCUT2D eigenvalue weighted by molar-refractivity contribution is -0.115. The Balaban J connectivity index is 1.84. The van der Waals surface area contributed by atoms with Gasteiger partial charge in [0.15, 0.2) is 5.78 Å². The van der Waals surface area contributed by atoms with Crippen LogP contribution in [0, 0.1) is 0 Å². The molecule has 100 valence electrons. The fraction of sp³-hybridized carbons (Fsp3) is 0.312. The third-order valence-electron chi connectivity index (χ3n) is 4.41. The molecule has 0 N–H and O–H groups in total. The van der Waals surface area contributed by atoms with E-state index in [0.29, 0.717) is 12.2 Å². The summed E-state index contributed by atoms with van der Waals surface area (Å²) in [6, 6.07) is 3.92. The van der Waals surface area contributed by atoms with Gasteiger partial charge in [0.25, 0.3) is 0 Å². The Morgan fingerprint density at radius 3 is 3.00 bits per heavy atom. The van der Waals surface area contributed by atoms with Gasteiger partial charge in [0, 0.05) is 36.1 Å². The number of allylic oxidation sites excluding steroid dienone is 2. The molecule has 0 radical (unpaired) electrons. The minimum Gasteiger partial charge on any atom is -0.295 e. The SMILES string of the molecule is C[C@@H]1C2=C(CCC2=O)Cc2c1cnn2-c1cccnc1. The van der Waals surface area contributed by atoms with Gasteiger partial charge >= 0.3 is 0 Å². The predicted molar refractivity (Wildman–Crippen MR) is 74.7 cm³/mol. The first-order chi connectivity index (χ1) is 9.75. The zero-order valence-electron chi connectivity index (χ0n) is 11.3. The Morgan fingerprint density at radius 2 is 2.20 bits per heavy atom. The van der Waals surface area contributed by atoms with Crippen LogP contribution < -0.4 is 0 Å². The number of fused-ring (bicyclic) bond motifs is 1. The number of carbonyl (C=O) groups excluding carboxylic acids is 1. The average molecular weight is 265 g/mol. The van der Waals surface area contributed by atoms with Crippen molar-refractivity contribution in [2.45, 2.75) is 32.1 Å². The van der Waals surface area contributed by atoms with E-state index in [-0.39, 0.29) is 5.92 Å². The maximum atomic E-state index is 12.0. The summed E-state index contributed by atoms with van der Waals surface area (Å²) in [7, 11) is 0. The summed E-state index contributed by atoms with van der Waals surface area (Å²) in [5.41, 5.74) is 5.72. The lowest BCUT2D eigenvalue weighted by Gasteiger charge is -2.22. The molecule has 4 heteroatoms. The fourth-order valence-corrected chi connectivity index (χ4v) is 3.45. The smallest absolute Gasteiger partial charge is 0.159 e. The van der Waals surface area contributed by atoms with Crippen molar-refractivity contribution in [3.05, 3.63) is 53.1 Å². The molecular weight excluding hydrogens is 250 g/mol. The van der Waals surface area contributed by atoms with Crippen molar-refractivity contribution in [1.29, 1.82) is 0 Å². The second-order valence-corrected chi connectivity index (χ2v) is 5.51. The third kappa shape index (κ3) is 1.51. The van der Waals surface area contributed by atoms with E-state index in [9.17, 15) is 4.79 Å². The lowest BCUT2D eigenvalue weighted by atomic mass is 9.83. The molecule has 0 fully saturated rings. The molecule has 2 heterocycles. The first-order valence-electron chi connectivity index (χ1n) is 6.98. The summed E-state index contributed by atoms with van der Waals surface area (Å²) in [5, 5.41) is 4.51. The summed E-state index contributed by atoms with van der Waals surface area (Å²) in [6.07, 6.45) is 7.92. The topological polar surface area (TPSA) is 47.8 Å². The molecule has 0 amide bonds. The molecule has 2 aliphatic carbocycles. The predicted octanol–water partition coefficient (Wildman–Crippen LogP) is 2.59. The summed E-state index contributed by atoms with van der Waals surface area (Å²) >= 11 is 0. The van der Waals surface area contributed by atoms with E-state index >= 15 is 0 Å². The van der Waals surface area contributed by atoms with Gasteiger partial charge in [0.05, 0.1) is 23.8 Å². The average Bonchev–Trinajstić information content (AvgIpc) is 3.05. The van der Waals surface area contributed by atoms with Crippen LogP contribution in [0.3, 0.4) is 0 Å². The van der Waals surface area contributed by atoms with E-state index in [1.165, 1.54) is 16.8 Å². The van der Waals surface area contributed by atoms with Crippen molar-refractivity contribution in [2.24, 2.45) is 0 Å². The van der Waals surface area contributed by atoms with Crippen LogP contribution in [0.15, 0.2) is 41.9 Å². The van der Waals surface area contributed by atoms with Crippen LogP contribution in [-0.4, -0.2) is 20.5 Å². The van der Waals surface area contributed by atoms with Crippen molar-refractivity contribution in [3.8, 4) is 5.69 Å². The van der Waals surface area contributed by atoms with Gasteiger partial charge in [-0.2, -0.15) is 5.10 Å². The number of hydrogen-bond acceptors (Lipinski definition) is 3. The van der Waals surface area contributed by atoms with Crippen LogP contribution in [0.25, 0.3) is 5.69 Å². The number of nitrogens with zero attached hydrogens (tertiary/aromatic N) is 3. The van der Waals surface area contributed by atoms with Gasteiger partial charge in [0.2, 0.25) is 0 Å². The molecule has 0 unspecified atom stereocenters. The summed E-state index contributed by atoms with van der Waals surface area (Å²) in [5.74, 6) is 0.501. The maximum absolute atomic E-state index is 12.0. The molecule has 0 saturated heterocycles. The Labute approximate surface area is 117 Å². The van der Waals surface area contributed by atoms with Gasteiger partial charge in [-0.15, -0.1) is 0 Å². The molecule has 0 spiro atoms. The van der Waals surface area contributed by atoms with Gasteiger partial charge in [-0.25, -0.2) is 4.68 Å². The quantitative estimate of drug-likeness (QED) is 0.796. The van der Waals surface area contributed by atoms with E-state index in [1.807, 2.05) is 29.2 Å². The van der Waals surface area contributed by atoms with Gasteiger partial charge in [0.1, 0.15) is 0 Å². The van der Waals surface area contributed by atoms with Gasteiger partial charge < -0.3 is 0 Å². The Morgan fingerprint density at radius 1 is 1.30 bits per heavy atom. The zero-order valence-corrected chi connectivity index (χ0v) is 11.3. The Bertz CT molecular complexity index is 727. The number of hydrogen-bond donors (Lipinski definition) is 0. The first kappa shape index (κ1) is 11.6. The van der Waals surface area contributed by atoms with E-state index in [4.69, 9.17) is 0 Å². The number of Topliss-reactive ketones (excluding diaryl/α,β-unsaturated/α-hetero) is 1. The first-order valence-corrected chi connectivity index (χ1v) is 6.98. The molecule has 20 heavy (non-hydrogen) atoms. The highest BCUT2D eigenvalue weighted by molar-refractivity contribution is 6.00. The van der Waals surface area contributed by atoms with Crippen LogP contribution >= 0.6 is 0 Å². The highest BCUT2D eigenvalue weighted by Gasteiger charge is 2.35. The standard InChI is InChI=1S/C16H15N3O/c1-10-13-9-18-19(12-3-2-6-17-8-12)14(13)7-11-4-5-15(20)16(10)11/h2-3,6,8-10H,4-5,7H2,1H3/t10-/m0/s1. The Kier molecular flexibility index (Phi) is 2.39. The zero-order chi connectivity index (χ0) is 13.7. The lowest BCUT2D eigenvalue weighted by Crippen LogP contribution is -2.15.